The molecule has 0 spiro atoms. The molecule has 2 aromatic rings. The van der Waals surface area contributed by atoms with Crippen LogP contribution in [0.1, 0.15) is 29.8 Å². The Bertz CT molecular complexity index is 720. The Morgan fingerprint density at radius 1 is 1.42 bits per heavy atom. The van der Waals surface area contributed by atoms with Crippen LogP contribution in [-0.4, -0.2) is 46.9 Å². The molecule has 6 nitrogen and oxygen atoms in total. The number of hydrogen-bond donors (Lipinski definition) is 2. The number of H-pyrrole nitrogens is 1. The number of nitrogens with one attached hydrogen (secondary N) is 2. The number of aryl methyl sites for hydroxylation is 1. The molecule has 0 bridgehead atoms. The Hall–Kier alpha value is -2.60. The highest BCUT2D eigenvalue weighted by Gasteiger charge is 2.21. The molecule has 138 valence electrons. The molecule has 6 heteroatoms. The summed E-state index contributed by atoms with van der Waals surface area (Å²) in [6.45, 7) is 4.28. The zero-order valence-electron chi connectivity index (χ0n) is 15.1. The van der Waals surface area contributed by atoms with Crippen LogP contribution in [0.3, 0.4) is 0 Å². The molecular weight excluding hydrogens is 328 g/mol. The SMILES string of the molecule is Cc1cc(CNC(=O)N(C/C=C/c2ccccc2)C[C@H]2CCCO2)n[nH]1. The van der Waals surface area contributed by atoms with Crippen molar-refractivity contribution in [1.29, 1.82) is 0 Å². The Labute approximate surface area is 154 Å². The Morgan fingerprint density at radius 2 is 2.27 bits per heavy atom. The molecule has 0 radical (unpaired) electrons. The summed E-state index contributed by atoms with van der Waals surface area (Å²) in [6, 6.07) is 11.9. The van der Waals surface area contributed by atoms with Gasteiger partial charge < -0.3 is 15.0 Å². The first kappa shape index (κ1) is 18.2. The van der Waals surface area contributed by atoms with E-state index in [0.29, 0.717) is 19.6 Å². The van der Waals surface area contributed by atoms with Gasteiger partial charge in [0.2, 0.25) is 0 Å². The summed E-state index contributed by atoms with van der Waals surface area (Å²) in [5, 5.41) is 9.99. The van der Waals surface area contributed by atoms with Crippen molar-refractivity contribution in [2.75, 3.05) is 19.7 Å². The van der Waals surface area contributed by atoms with Crippen LogP contribution in [-0.2, 0) is 11.3 Å². The number of carbonyl (C=O) groups excluding carboxylic acids is 1. The van der Waals surface area contributed by atoms with Gasteiger partial charge in [-0.15, -0.1) is 0 Å². The first-order valence-corrected chi connectivity index (χ1v) is 9.07. The second-order valence-corrected chi connectivity index (χ2v) is 6.55. The lowest BCUT2D eigenvalue weighted by Crippen LogP contribution is -2.43. The van der Waals surface area contributed by atoms with Crippen LogP contribution in [0.4, 0.5) is 4.79 Å². The smallest absolute Gasteiger partial charge is 0.318 e. The van der Waals surface area contributed by atoms with Crippen LogP contribution in [0.25, 0.3) is 6.08 Å². The average Bonchev–Trinajstić information content (AvgIpc) is 3.31. The van der Waals surface area contributed by atoms with E-state index in [1.807, 2.05) is 55.5 Å². The maximum atomic E-state index is 12.6. The molecule has 0 saturated carbocycles. The second-order valence-electron chi connectivity index (χ2n) is 6.55. The van der Waals surface area contributed by atoms with E-state index in [9.17, 15) is 4.79 Å². The third-order valence-corrected chi connectivity index (χ3v) is 4.35. The lowest BCUT2D eigenvalue weighted by Gasteiger charge is -2.24. The lowest BCUT2D eigenvalue weighted by molar-refractivity contribution is 0.0841. The quantitative estimate of drug-likeness (QED) is 0.802. The number of benzene rings is 1. The van der Waals surface area contributed by atoms with E-state index in [2.05, 4.69) is 15.5 Å². The molecule has 2 heterocycles. The lowest BCUT2D eigenvalue weighted by atomic mass is 10.2. The maximum absolute atomic E-state index is 12.6. The zero-order chi connectivity index (χ0) is 18.2. The van der Waals surface area contributed by atoms with E-state index >= 15 is 0 Å². The van der Waals surface area contributed by atoms with E-state index in [1.165, 1.54) is 0 Å². The molecular formula is C20H26N4O2. The summed E-state index contributed by atoms with van der Waals surface area (Å²) in [7, 11) is 0. The number of nitrogens with zero attached hydrogens (tertiary/aromatic N) is 2. The fourth-order valence-corrected chi connectivity index (χ4v) is 3.00. The molecule has 3 rings (SSSR count). The van der Waals surface area contributed by atoms with E-state index in [-0.39, 0.29) is 12.1 Å². The van der Waals surface area contributed by atoms with Crippen molar-refractivity contribution in [2.24, 2.45) is 0 Å². The number of amides is 2. The molecule has 2 amide bonds. The van der Waals surface area contributed by atoms with Gasteiger partial charge in [-0.2, -0.15) is 5.10 Å². The van der Waals surface area contributed by atoms with Gasteiger partial charge in [0.15, 0.2) is 0 Å². The van der Waals surface area contributed by atoms with Crippen molar-refractivity contribution >= 4 is 12.1 Å². The van der Waals surface area contributed by atoms with Crippen molar-refractivity contribution in [3.05, 3.63) is 59.4 Å². The van der Waals surface area contributed by atoms with Crippen LogP contribution < -0.4 is 5.32 Å². The van der Waals surface area contributed by atoms with Crippen LogP contribution in [0.2, 0.25) is 0 Å². The molecule has 1 aliphatic heterocycles. The van der Waals surface area contributed by atoms with Gasteiger partial charge in [-0.25, -0.2) is 4.79 Å². The van der Waals surface area contributed by atoms with E-state index in [4.69, 9.17) is 4.74 Å². The summed E-state index contributed by atoms with van der Waals surface area (Å²) in [5.41, 5.74) is 2.93. The van der Waals surface area contributed by atoms with Crippen LogP contribution >= 0.6 is 0 Å². The highest BCUT2D eigenvalue weighted by molar-refractivity contribution is 5.74. The largest absolute Gasteiger partial charge is 0.376 e. The van der Waals surface area contributed by atoms with Gasteiger partial charge in [-0.05, 0) is 31.4 Å². The van der Waals surface area contributed by atoms with Gasteiger partial charge in [0.25, 0.3) is 0 Å². The van der Waals surface area contributed by atoms with Crippen molar-refractivity contribution in [3.63, 3.8) is 0 Å². The monoisotopic (exact) mass is 354 g/mol. The van der Waals surface area contributed by atoms with E-state index in [0.717, 1.165) is 36.4 Å². The Kier molecular flexibility index (Phi) is 6.44. The number of urea groups is 1. The number of rotatable bonds is 7. The first-order chi connectivity index (χ1) is 12.7. The van der Waals surface area contributed by atoms with Crippen LogP contribution in [0, 0.1) is 6.92 Å². The van der Waals surface area contributed by atoms with Crippen molar-refractivity contribution in [1.82, 2.24) is 20.4 Å². The standard InChI is InChI=1S/C20H26N4O2/c1-16-13-18(23-22-16)14-21-20(25)24(15-19-10-6-12-26-19)11-5-9-17-7-3-2-4-8-17/h2-5,7-9,13,19H,6,10-12,14-15H2,1H3,(H,21,25)(H,22,23)/b9-5+/t19-/m1/s1. The third-order valence-electron chi connectivity index (χ3n) is 4.35. The first-order valence-electron chi connectivity index (χ1n) is 9.07. The minimum Gasteiger partial charge on any atom is -0.376 e. The molecule has 1 fully saturated rings. The van der Waals surface area contributed by atoms with Crippen molar-refractivity contribution in [2.45, 2.75) is 32.4 Å². The minimum atomic E-state index is -0.0983. The molecule has 1 aromatic heterocycles. The number of aromatic amines is 1. The maximum Gasteiger partial charge on any atom is 0.318 e. The van der Waals surface area contributed by atoms with Crippen molar-refractivity contribution < 1.29 is 9.53 Å². The molecule has 1 aliphatic rings. The van der Waals surface area contributed by atoms with Gasteiger partial charge in [0.05, 0.1) is 18.3 Å². The molecule has 2 N–H and O–H groups in total. The molecule has 26 heavy (non-hydrogen) atoms. The van der Waals surface area contributed by atoms with E-state index in [1.54, 1.807) is 4.90 Å². The third kappa shape index (κ3) is 5.46. The summed E-state index contributed by atoms with van der Waals surface area (Å²) < 4.78 is 5.70. The van der Waals surface area contributed by atoms with E-state index < -0.39 is 0 Å². The predicted molar refractivity (Wildman–Crippen MR) is 102 cm³/mol. The molecule has 0 unspecified atom stereocenters. The normalized spacial score (nSPS) is 16.9. The fraction of sp³-hybridized carbons (Fsp3) is 0.400. The number of hydrogen-bond acceptors (Lipinski definition) is 3. The van der Waals surface area contributed by atoms with Crippen LogP contribution in [0.5, 0.6) is 0 Å². The number of carbonyl (C=O) groups is 1. The van der Waals surface area contributed by atoms with Crippen molar-refractivity contribution in [3.8, 4) is 0 Å². The fourth-order valence-electron chi connectivity index (χ4n) is 3.00. The minimum absolute atomic E-state index is 0.0983. The van der Waals surface area contributed by atoms with Gasteiger partial charge >= 0.3 is 6.03 Å². The molecule has 1 aromatic carbocycles. The Morgan fingerprint density at radius 3 is 2.96 bits per heavy atom. The van der Waals surface area contributed by atoms with Gasteiger partial charge in [-0.1, -0.05) is 42.5 Å². The summed E-state index contributed by atoms with van der Waals surface area (Å²) in [4.78, 5) is 14.4. The van der Waals surface area contributed by atoms with Gasteiger partial charge in [0.1, 0.15) is 0 Å². The van der Waals surface area contributed by atoms with Gasteiger partial charge in [-0.3, -0.25) is 5.10 Å². The second kappa shape index (κ2) is 9.20. The van der Waals surface area contributed by atoms with Gasteiger partial charge in [0, 0.05) is 25.4 Å². The highest BCUT2D eigenvalue weighted by atomic mass is 16.5. The number of ether oxygens (including phenoxy) is 1. The molecule has 0 aliphatic carbocycles. The molecule has 1 atom stereocenters. The Balaban J connectivity index is 1.57. The topological polar surface area (TPSA) is 70.2 Å². The summed E-state index contributed by atoms with van der Waals surface area (Å²) in [6.07, 6.45) is 6.24. The summed E-state index contributed by atoms with van der Waals surface area (Å²) in [5.74, 6) is 0. The number of aromatic nitrogens is 2. The van der Waals surface area contributed by atoms with Crippen LogP contribution in [0.15, 0.2) is 42.5 Å². The predicted octanol–water partition coefficient (Wildman–Crippen LogP) is 3.12. The summed E-state index contributed by atoms with van der Waals surface area (Å²) >= 11 is 0. The zero-order valence-corrected chi connectivity index (χ0v) is 15.1. The molecule has 1 saturated heterocycles. The highest BCUT2D eigenvalue weighted by Crippen LogP contribution is 2.14. The average molecular weight is 354 g/mol.